The lowest BCUT2D eigenvalue weighted by molar-refractivity contribution is -0.130. The molecule has 0 spiro atoms. The second-order valence-electron chi connectivity index (χ2n) is 5.64. The van der Waals surface area contributed by atoms with Crippen molar-refractivity contribution in [3.05, 3.63) is 23.8 Å². The van der Waals surface area contributed by atoms with Crippen LogP contribution in [0.5, 0.6) is 11.5 Å². The van der Waals surface area contributed by atoms with Gasteiger partial charge in [0, 0.05) is 26.1 Å². The number of carbonyl (C=O) groups is 1. The van der Waals surface area contributed by atoms with Crippen molar-refractivity contribution < 1.29 is 14.3 Å². The molecule has 0 saturated heterocycles. The maximum Gasteiger partial charge on any atom is 0.231 e. The minimum absolute atomic E-state index is 0.0155. The molecule has 1 aromatic carbocycles. The summed E-state index contributed by atoms with van der Waals surface area (Å²) in [6, 6.07) is 5.78. The van der Waals surface area contributed by atoms with Gasteiger partial charge in [0.15, 0.2) is 11.5 Å². The summed E-state index contributed by atoms with van der Waals surface area (Å²) in [5, 5.41) is 0. The summed E-state index contributed by atoms with van der Waals surface area (Å²) in [4.78, 5) is 13.8. The van der Waals surface area contributed by atoms with Gasteiger partial charge in [0.1, 0.15) is 0 Å². The fourth-order valence-corrected chi connectivity index (χ4v) is 2.45. The molecule has 0 radical (unpaired) electrons. The molecule has 2 aliphatic rings. The van der Waals surface area contributed by atoms with Gasteiger partial charge in [0.05, 0.1) is 0 Å². The van der Waals surface area contributed by atoms with Crippen LogP contribution >= 0.6 is 0 Å². The van der Waals surface area contributed by atoms with Gasteiger partial charge in [-0.25, -0.2) is 0 Å². The van der Waals surface area contributed by atoms with Crippen LogP contribution in [0.4, 0.5) is 0 Å². The zero-order valence-corrected chi connectivity index (χ0v) is 11.7. The lowest BCUT2D eigenvalue weighted by Crippen LogP contribution is -2.34. The van der Waals surface area contributed by atoms with Crippen LogP contribution in [0, 0.1) is 5.92 Å². The van der Waals surface area contributed by atoms with Crippen LogP contribution in [0.15, 0.2) is 18.2 Å². The first-order valence-corrected chi connectivity index (χ1v) is 7.01. The van der Waals surface area contributed by atoms with E-state index in [1.807, 2.05) is 25.2 Å². The molecule has 1 amide bonds. The summed E-state index contributed by atoms with van der Waals surface area (Å²) >= 11 is 0. The van der Waals surface area contributed by atoms with Crippen molar-refractivity contribution in [3.63, 3.8) is 0 Å². The Morgan fingerprint density at radius 3 is 2.90 bits per heavy atom. The van der Waals surface area contributed by atoms with Crippen molar-refractivity contribution in [2.45, 2.75) is 31.8 Å². The molecule has 1 saturated carbocycles. The minimum atomic E-state index is 0.0155. The Balaban J connectivity index is 1.57. The van der Waals surface area contributed by atoms with Crippen LogP contribution in [0.2, 0.25) is 0 Å². The van der Waals surface area contributed by atoms with E-state index in [2.05, 4.69) is 0 Å². The number of amides is 1. The Bertz CT molecular complexity index is 514. The minimum Gasteiger partial charge on any atom is -0.454 e. The highest BCUT2D eigenvalue weighted by atomic mass is 16.7. The first-order valence-electron chi connectivity index (χ1n) is 7.01. The van der Waals surface area contributed by atoms with Crippen LogP contribution in [0.25, 0.3) is 0 Å². The van der Waals surface area contributed by atoms with Gasteiger partial charge >= 0.3 is 0 Å². The molecule has 5 nitrogen and oxygen atoms in total. The van der Waals surface area contributed by atoms with Crippen molar-refractivity contribution in [3.8, 4) is 11.5 Å². The van der Waals surface area contributed by atoms with Gasteiger partial charge in [-0.3, -0.25) is 4.79 Å². The monoisotopic (exact) mass is 276 g/mol. The molecule has 5 heteroatoms. The SMILES string of the molecule is CN(Cc1ccc2c(c1)OCO2)C(=O)CC(N)C1CC1. The van der Waals surface area contributed by atoms with E-state index < -0.39 is 0 Å². The van der Waals surface area contributed by atoms with Crippen LogP contribution in [0.1, 0.15) is 24.8 Å². The molecule has 2 N–H and O–H groups in total. The quantitative estimate of drug-likeness (QED) is 0.885. The second kappa shape index (κ2) is 5.32. The summed E-state index contributed by atoms with van der Waals surface area (Å²) in [5.41, 5.74) is 7.03. The van der Waals surface area contributed by atoms with Crippen molar-refractivity contribution >= 4 is 5.91 Å². The number of hydrogen-bond donors (Lipinski definition) is 1. The summed E-state index contributed by atoms with van der Waals surface area (Å²) in [6.45, 7) is 0.830. The first-order chi connectivity index (χ1) is 9.63. The highest BCUT2D eigenvalue weighted by molar-refractivity contribution is 5.76. The van der Waals surface area contributed by atoms with Gasteiger partial charge in [-0.05, 0) is 36.5 Å². The number of rotatable bonds is 5. The third-order valence-corrected chi connectivity index (χ3v) is 3.92. The fraction of sp³-hybridized carbons (Fsp3) is 0.533. The second-order valence-corrected chi connectivity index (χ2v) is 5.64. The van der Waals surface area contributed by atoms with Gasteiger partial charge in [0.25, 0.3) is 0 Å². The fourth-order valence-electron chi connectivity index (χ4n) is 2.45. The molecule has 1 aromatic rings. The van der Waals surface area contributed by atoms with E-state index in [-0.39, 0.29) is 18.7 Å². The smallest absolute Gasteiger partial charge is 0.231 e. The predicted molar refractivity (Wildman–Crippen MR) is 74.4 cm³/mol. The average Bonchev–Trinajstić information content (AvgIpc) is 3.17. The summed E-state index contributed by atoms with van der Waals surface area (Å²) in [7, 11) is 1.81. The lowest BCUT2D eigenvalue weighted by Gasteiger charge is -2.19. The summed E-state index contributed by atoms with van der Waals surface area (Å²) in [5.74, 6) is 2.16. The molecule has 108 valence electrons. The highest BCUT2D eigenvalue weighted by Crippen LogP contribution is 2.34. The zero-order valence-electron chi connectivity index (χ0n) is 11.7. The van der Waals surface area contributed by atoms with E-state index in [0.29, 0.717) is 18.9 Å². The molecule has 1 atom stereocenters. The van der Waals surface area contributed by atoms with Crippen molar-refractivity contribution in [1.82, 2.24) is 4.90 Å². The molecule has 1 fully saturated rings. The van der Waals surface area contributed by atoms with Gasteiger partial charge in [-0.2, -0.15) is 0 Å². The van der Waals surface area contributed by atoms with Crippen LogP contribution < -0.4 is 15.2 Å². The van der Waals surface area contributed by atoms with Crippen LogP contribution in [-0.4, -0.2) is 30.7 Å². The van der Waals surface area contributed by atoms with Crippen LogP contribution in [0.3, 0.4) is 0 Å². The van der Waals surface area contributed by atoms with E-state index in [0.717, 1.165) is 17.1 Å². The topological polar surface area (TPSA) is 64.8 Å². The van der Waals surface area contributed by atoms with Crippen molar-refractivity contribution in [2.24, 2.45) is 11.7 Å². The third kappa shape index (κ3) is 2.88. The van der Waals surface area contributed by atoms with Gasteiger partial charge in [0.2, 0.25) is 12.7 Å². The molecule has 1 aliphatic carbocycles. The lowest BCUT2D eigenvalue weighted by atomic mass is 10.1. The largest absolute Gasteiger partial charge is 0.454 e. The normalized spacial score (nSPS) is 17.9. The van der Waals surface area contributed by atoms with Crippen molar-refractivity contribution in [1.29, 1.82) is 0 Å². The number of nitrogens with two attached hydrogens (primary N) is 1. The van der Waals surface area contributed by atoms with Crippen molar-refractivity contribution in [2.75, 3.05) is 13.8 Å². The van der Waals surface area contributed by atoms with E-state index in [4.69, 9.17) is 15.2 Å². The van der Waals surface area contributed by atoms with Gasteiger partial charge in [-0.15, -0.1) is 0 Å². The molecule has 0 bridgehead atoms. The van der Waals surface area contributed by atoms with E-state index in [1.54, 1.807) is 4.90 Å². The van der Waals surface area contributed by atoms with Gasteiger partial charge in [-0.1, -0.05) is 6.07 Å². The molecule has 1 heterocycles. The number of carbonyl (C=O) groups excluding carboxylic acids is 1. The Kier molecular flexibility index (Phi) is 3.53. The van der Waals surface area contributed by atoms with Crippen LogP contribution in [-0.2, 0) is 11.3 Å². The Morgan fingerprint density at radius 1 is 1.40 bits per heavy atom. The molecule has 0 aromatic heterocycles. The molecule has 1 unspecified atom stereocenters. The number of ether oxygens (including phenoxy) is 2. The van der Waals surface area contributed by atoms with E-state index in [9.17, 15) is 4.79 Å². The predicted octanol–water partition coefficient (Wildman–Crippen LogP) is 1.50. The average molecular weight is 276 g/mol. The van der Waals surface area contributed by atoms with E-state index >= 15 is 0 Å². The third-order valence-electron chi connectivity index (χ3n) is 3.92. The molecule has 3 rings (SSSR count). The standard InChI is InChI=1S/C15H20N2O3/c1-17(15(18)7-12(16)11-3-4-11)8-10-2-5-13-14(6-10)20-9-19-13/h2,5-6,11-12H,3-4,7-9,16H2,1H3. The number of benzene rings is 1. The first kappa shape index (κ1) is 13.2. The molecule has 20 heavy (non-hydrogen) atoms. The maximum absolute atomic E-state index is 12.1. The Labute approximate surface area is 118 Å². The van der Waals surface area contributed by atoms with Gasteiger partial charge < -0.3 is 20.1 Å². The number of fused-ring (bicyclic) bond motifs is 1. The van der Waals surface area contributed by atoms with E-state index in [1.165, 1.54) is 12.8 Å². The summed E-state index contributed by atoms with van der Waals surface area (Å²) < 4.78 is 10.6. The maximum atomic E-state index is 12.1. The summed E-state index contributed by atoms with van der Waals surface area (Å²) in [6.07, 6.45) is 2.77. The number of nitrogens with zero attached hydrogens (tertiary/aromatic N) is 1. The molecular weight excluding hydrogens is 256 g/mol. The number of hydrogen-bond acceptors (Lipinski definition) is 4. The molecule has 1 aliphatic heterocycles. The highest BCUT2D eigenvalue weighted by Gasteiger charge is 2.30. The Hall–Kier alpha value is -1.75. The Morgan fingerprint density at radius 2 is 2.15 bits per heavy atom. The zero-order chi connectivity index (χ0) is 14.1. The molecular formula is C15H20N2O3.